The Kier molecular flexibility index (Phi) is 5.60. The largest absolute Gasteiger partial charge is 0.481 e. The van der Waals surface area contributed by atoms with Crippen LogP contribution in [0.15, 0.2) is 0 Å². The lowest BCUT2D eigenvalue weighted by Crippen LogP contribution is -2.51. The molecule has 2 amide bonds. The standard InChI is InChI=1S/C13H24N2O4/c1-3-13(2,11(17)18)8-14-12(19)15-9-6-4-5-7-10(9)16/h9-10,16H,3-8H2,1-2H3,(H,17,18)(H2,14,15,19). The average molecular weight is 272 g/mol. The third-order valence-electron chi connectivity index (χ3n) is 3.98. The second kappa shape index (κ2) is 6.75. The zero-order chi connectivity index (χ0) is 14.5. The highest BCUT2D eigenvalue weighted by Crippen LogP contribution is 2.20. The fourth-order valence-electron chi connectivity index (χ4n) is 2.13. The molecule has 6 heteroatoms. The molecule has 0 aromatic carbocycles. The van der Waals surface area contributed by atoms with Gasteiger partial charge in [-0.2, -0.15) is 0 Å². The van der Waals surface area contributed by atoms with Crippen molar-refractivity contribution in [1.82, 2.24) is 10.6 Å². The van der Waals surface area contributed by atoms with Crippen molar-refractivity contribution in [3.63, 3.8) is 0 Å². The predicted molar refractivity (Wildman–Crippen MR) is 70.8 cm³/mol. The zero-order valence-corrected chi connectivity index (χ0v) is 11.6. The van der Waals surface area contributed by atoms with Crippen LogP contribution in [0.3, 0.4) is 0 Å². The van der Waals surface area contributed by atoms with Crippen LogP contribution in [-0.2, 0) is 4.79 Å². The van der Waals surface area contributed by atoms with Gasteiger partial charge in [0, 0.05) is 6.54 Å². The molecule has 0 aromatic heterocycles. The number of urea groups is 1. The third-order valence-corrected chi connectivity index (χ3v) is 3.98. The van der Waals surface area contributed by atoms with E-state index in [2.05, 4.69) is 10.6 Å². The van der Waals surface area contributed by atoms with E-state index in [1.165, 1.54) is 0 Å². The SMILES string of the molecule is CCC(C)(CNC(=O)NC1CCCCC1O)C(=O)O. The highest BCUT2D eigenvalue weighted by Gasteiger charge is 2.32. The van der Waals surface area contributed by atoms with E-state index in [9.17, 15) is 14.7 Å². The Bertz CT molecular complexity index is 335. The summed E-state index contributed by atoms with van der Waals surface area (Å²) in [5.74, 6) is -0.923. The van der Waals surface area contributed by atoms with Crippen molar-refractivity contribution in [3.05, 3.63) is 0 Å². The molecule has 4 N–H and O–H groups in total. The van der Waals surface area contributed by atoms with Gasteiger partial charge in [-0.05, 0) is 26.2 Å². The highest BCUT2D eigenvalue weighted by atomic mass is 16.4. The van der Waals surface area contributed by atoms with Gasteiger partial charge in [0.25, 0.3) is 0 Å². The average Bonchev–Trinajstić information content (AvgIpc) is 2.38. The van der Waals surface area contributed by atoms with Crippen LogP contribution in [0.1, 0.15) is 46.0 Å². The molecule has 1 fully saturated rings. The van der Waals surface area contributed by atoms with Gasteiger partial charge in [-0.1, -0.05) is 19.8 Å². The Morgan fingerprint density at radius 1 is 1.32 bits per heavy atom. The lowest BCUT2D eigenvalue weighted by Gasteiger charge is -2.29. The molecule has 0 aliphatic heterocycles. The topological polar surface area (TPSA) is 98.7 Å². The van der Waals surface area contributed by atoms with Crippen LogP contribution in [-0.4, -0.2) is 40.9 Å². The second-order valence-electron chi connectivity index (χ2n) is 5.50. The summed E-state index contributed by atoms with van der Waals surface area (Å²) in [5.41, 5.74) is -0.956. The first-order chi connectivity index (χ1) is 8.89. The van der Waals surface area contributed by atoms with E-state index < -0.39 is 23.5 Å². The molecular weight excluding hydrogens is 248 g/mol. The Morgan fingerprint density at radius 3 is 2.47 bits per heavy atom. The maximum atomic E-state index is 11.7. The van der Waals surface area contributed by atoms with Gasteiger partial charge in [-0.3, -0.25) is 4.79 Å². The summed E-state index contributed by atoms with van der Waals surface area (Å²) < 4.78 is 0. The van der Waals surface area contributed by atoms with E-state index in [0.29, 0.717) is 12.8 Å². The van der Waals surface area contributed by atoms with Gasteiger partial charge in [0.05, 0.1) is 17.6 Å². The number of rotatable bonds is 5. The molecule has 3 atom stereocenters. The lowest BCUT2D eigenvalue weighted by atomic mass is 9.88. The molecule has 0 saturated heterocycles. The van der Waals surface area contributed by atoms with Crippen LogP contribution >= 0.6 is 0 Å². The summed E-state index contributed by atoms with van der Waals surface area (Å²) in [6.07, 6.45) is 3.37. The molecule has 0 radical (unpaired) electrons. The number of carbonyl (C=O) groups is 2. The summed E-state index contributed by atoms with van der Waals surface area (Å²) in [4.78, 5) is 22.8. The Balaban J connectivity index is 2.40. The van der Waals surface area contributed by atoms with Crippen LogP contribution in [0.25, 0.3) is 0 Å². The molecule has 19 heavy (non-hydrogen) atoms. The van der Waals surface area contributed by atoms with Gasteiger partial charge in [0.15, 0.2) is 0 Å². The summed E-state index contributed by atoms with van der Waals surface area (Å²) in [7, 11) is 0. The number of amides is 2. The minimum atomic E-state index is -0.956. The maximum Gasteiger partial charge on any atom is 0.315 e. The van der Waals surface area contributed by atoms with Crippen molar-refractivity contribution in [2.45, 2.75) is 58.1 Å². The van der Waals surface area contributed by atoms with E-state index >= 15 is 0 Å². The molecule has 6 nitrogen and oxygen atoms in total. The second-order valence-corrected chi connectivity index (χ2v) is 5.50. The van der Waals surface area contributed by atoms with E-state index in [4.69, 9.17) is 5.11 Å². The van der Waals surface area contributed by atoms with Crippen molar-refractivity contribution in [2.24, 2.45) is 5.41 Å². The van der Waals surface area contributed by atoms with Crippen molar-refractivity contribution < 1.29 is 19.8 Å². The molecule has 0 heterocycles. The number of carbonyl (C=O) groups excluding carboxylic acids is 1. The summed E-state index contributed by atoms with van der Waals surface area (Å²) >= 11 is 0. The molecule has 0 bridgehead atoms. The summed E-state index contributed by atoms with van der Waals surface area (Å²) in [6.45, 7) is 3.46. The van der Waals surface area contributed by atoms with Gasteiger partial charge in [-0.15, -0.1) is 0 Å². The molecule has 1 aliphatic rings. The Hall–Kier alpha value is -1.30. The fourth-order valence-corrected chi connectivity index (χ4v) is 2.13. The molecule has 3 unspecified atom stereocenters. The van der Waals surface area contributed by atoms with Gasteiger partial charge in [0.1, 0.15) is 0 Å². The molecule has 110 valence electrons. The summed E-state index contributed by atoms with van der Waals surface area (Å²) in [6, 6.07) is -0.640. The molecule has 0 aromatic rings. The molecule has 1 saturated carbocycles. The third kappa shape index (κ3) is 4.38. The number of hydrogen-bond acceptors (Lipinski definition) is 3. The Labute approximate surface area is 113 Å². The predicted octanol–water partition coefficient (Wildman–Crippen LogP) is 1.09. The number of carboxylic acid groups (broad SMARTS) is 1. The smallest absolute Gasteiger partial charge is 0.315 e. The first-order valence-corrected chi connectivity index (χ1v) is 6.85. The number of hydrogen-bond donors (Lipinski definition) is 4. The van der Waals surface area contributed by atoms with E-state index in [-0.39, 0.29) is 12.6 Å². The number of aliphatic hydroxyl groups is 1. The van der Waals surface area contributed by atoms with Crippen molar-refractivity contribution in [1.29, 1.82) is 0 Å². The van der Waals surface area contributed by atoms with E-state index in [1.807, 2.05) is 0 Å². The van der Waals surface area contributed by atoms with Crippen molar-refractivity contribution in [2.75, 3.05) is 6.54 Å². The van der Waals surface area contributed by atoms with Gasteiger partial charge >= 0.3 is 12.0 Å². The quantitative estimate of drug-likeness (QED) is 0.602. The minimum absolute atomic E-state index is 0.0769. The molecule has 1 rings (SSSR count). The fraction of sp³-hybridized carbons (Fsp3) is 0.846. The first-order valence-electron chi connectivity index (χ1n) is 6.85. The number of nitrogens with one attached hydrogen (secondary N) is 2. The molecular formula is C13H24N2O4. The van der Waals surface area contributed by atoms with Crippen LogP contribution in [0.2, 0.25) is 0 Å². The van der Waals surface area contributed by atoms with Crippen LogP contribution in [0, 0.1) is 5.41 Å². The first kappa shape index (κ1) is 15.8. The van der Waals surface area contributed by atoms with Gasteiger partial charge in [0.2, 0.25) is 0 Å². The highest BCUT2D eigenvalue weighted by molar-refractivity contribution is 5.78. The molecule has 1 aliphatic carbocycles. The monoisotopic (exact) mass is 272 g/mol. The number of carboxylic acids is 1. The van der Waals surface area contributed by atoms with Gasteiger partial charge in [-0.25, -0.2) is 4.79 Å². The van der Waals surface area contributed by atoms with Crippen LogP contribution in [0.4, 0.5) is 4.79 Å². The minimum Gasteiger partial charge on any atom is -0.481 e. The van der Waals surface area contributed by atoms with E-state index in [1.54, 1.807) is 13.8 Å². The lowest BCUT2D eigenvalue weighted by molar-refractivity contribution is -0.147. The van der Waals surface area contributed by atoms with E-state index in [0.717, 1.165) is 19.3 Å². The summed E-state index contributed by atoms with van der Waals surface area (Å²) in [5, 5.41) is 24.1. The molecule has 0 spiro atoms. The Morgan fingerprint density at radius 2 is 1.95 bits per heavy atom. The maximum absolute atomic E-state index is 11.7. The van der Waals surface area contributed by atoms with Crippen molar-refractivity contribution in [3.8, 4) is 0 Å². The number of aliphatic carboxylic acids is 1. The van der Waals surface area contributed by atoms with Gasteiger partial charge < -0.3 is 20.8 Å². The van der Waals surface area contributed by atoms with Crippen molar-refractivity contribution >= 4 is 12.0 Å². The normalized spacial score (nSPS) is 26.3. The zero-order valence-electron chi connectivity index (χ0n) is 11.6. The van der Waals surface area contributed by atoms with Crippen LogP contribution < -0.4 is 10.6 Å². The van der Waals surface area contributed by atoms with Crippen LogP contribution in [0.5, 0.6) is 0 Å². The number of aliphatic hydroxyl groups excluding tert-OH is 1.